The monoisotopic (exact) mass is 451 g/mol. The van der Waals surface area contributed by atoms with Gasteiger partial charge in [-0.3, -0.25) is 0 Å². The molecule has 1 aromatic carbocycles. The smallest absolute Gasteiger partial charge is 0.208 e. The van der Waals surface area contributed by atoms with Crippen molar-refractivity contribution in [1.82, 2.24) is 4.72 Å². The lowest BCUT2D eigenvalue weighted by Gasteiger charge is -2.15. The summed E-state index contributed by atoms with van der Waals surface area (Å²) in [6, 6.07) is 7.23. The van der Waals surface area contributed by atoms with Crippen LogP contribution >= 0.6 is 43.2 Å². The summed E-state index contributed by atoms with van der Waals surface area (Å²) in [6.45, 7) is 3.78. The van der Waals surface area contributed by atoms with Gasteiger partial charge in [-0.2, -0.15) is 0 Å². The molecule has 2 aromatic rings. The minimum atomic E-state index is -3.55. The van der Waals surface area contributed by atoms with Crippen LogP contribution in [0.5, 0.6) is 0 Å². The van der Waals surface area contributed by atoms with Gasteiger partial charge in [0.2, 0.25) is 10.0 Å². The molecule has 1 atom stereocenters. The van der Waals surface area contributed by atoms with Gasteiger partial charge in [-0.15, -0.1) is 11.3 Å². The van der Waals surface area contributed by atoms with Crippen LogP contribution in [-0.2, 0) is 16.4 Å². The van der Waals surface area contributed by atoms with Crippen molar-refractivity contribution in [1.29, 1.82) is 0 Å². The fourth-order valence-corrected chi connectivity index (χ4v) is 5.69. The highest BCUT2D eigenvalue weighted by molar-refractivity contribution is 9.11. The van der Waals surface area contributed by atoms with Crippen molar-refractivity contribution < 1.29 is 8.42 Å². The Balaban J connectivity index is 2.20. The zero-order valence-electron chi connectivity index (χ0n) is 11.6. The molecular formula is C14H15Br2NO2S2. The zero-order chi connectivity index (χ0) is 15.6. The Hall–Kier alpha value is -0.210. The van der Waals surface area contributed by atoms with Gasteiger partial charge in [0.05, 0.1) is 4.90 Å². The molecule has 0 bridgehead atoms. The number of benzene rings is 1. The molecule has 1 N–H and O–H groups in total. The van der Waals surface area contributed by atoms with Gasteiger partial charge in [0.25, 0.3) is 0 Å². The van der Waals surface area contributed by atoms with Crippen molar-refractivity contribution in [3.63, 3.8) is 0 Å². The van der Waals surface area contributed by atoms with Gasteiger partial charge in [0.15, 0.2) is 0 Å². The third-order valence-corrected chi connectivity index (χ3v) is 7.25. The summed E-state index contributed by atoms with van der Waals surface area (Å²) < 4.78 is 29.1. The van der Waals surface area contributed by atoms with Crippen LogP contribution in [-0.4, -0.2) is 14.5 Å². The van der Waals surface area contributed by atoms with E-state index >= 15 is 0 Å². The molecule has 114 valence electrons. The van der Waals surface area contributed by atoms with Crippen molar-refractivity contribution in [2.45, 2.75) is 31.2 Å². The molecule has 0 aliphatic carbocycles. The molecule has 21 heavy (non-hydrogen) atoms. The van der Waals surface area contributed by atoms with Gasteiger partial charge < -0.3 is 0 Å². The van der Waals surface area contributed by atoms with E-state index in [0.29, 0.717) is 10.9 Å². The molecule has 7 heteroatoms. The average Bonchev–Trinajstić information content (AvgIpc) is 2.85. The van der Waals surface area contributed by atoms with E-state index in [9.17, 15) is 8.42 Å². The van der Waals surface area contributed by atoms with Gasteiger partial charge in [0, 0.05) is 19.9 Å². The number of thiophene rings is 1. The number of halogens is 2. The van der Waals surface area contributed by atoms with Crippen molar-refractivity contribution in [3.05, 3.63) is 49.0 Å². The van der Waals surface area contributed by atoms with Gasteiger partial charge in [-0.25, -0.2) is 13.1 Å². The normalized spacial score (nSPS) is 13.3. The van der Waals surface area contributed by atoms with Crippen LogP contribution in [0.3, 0.4) is 0 Å². The second kappa shape index (κ2) is 6.91. The van der Waals surface area contributed by atoms with Gasteiger partial charge in [0.1, 0.15) is 0 Å². The lowest BCUT2D eigenvalue weighted by molar-refractivity contribution is 0.560. The predicted octanol–water partition coefficient (Wildman–Crippen LogP) is 4.49. The first-order chi connectivity index (χ1) is 9.79. The number of nitrogens with one attached hydrogen (secondary N) is 1. The first-order valence-electron chi connectivity index (χ1n) is 6.30. The highest BCUT2D eigenvalue weighted by Crippen LogP contribution is 2.29. The van der Waals surface area contributed by atoms with Crippen LogP contribution in [0.4, 0.5) is 0 Å². The maximum absolute atomic E-state index is 12.5. The minimum absolute atomic E-state index is 0.166. The number of hydrogen-bond donors (Lipinski definition) is 1. The molecule has 0 amide bonds. The molecule has 0 radical (unpaired) electrons. The molecular weight excluding hydrogens is 438 g/mol. The summed E-state index contributed by atoms with van der Waals surface area (Å²) in [5.74, 6) is 0. The summed E-state index contributed by atoms with van der Waals surface area (Å²) in [5.41, 5.74) is 0.979. The topological polar surface area (TPSA) is 46.2 Å². The fraction of sp³-hybridized carbons (Fsp3) is 0.286. The van der Waals surface area contributed by atoms with Crippen molar-refractivity contribution in [3.8, 4) is 0 Å². The molecule has 0 aliphatic rings. The molecule has 0 saturated carbocycles. The highest BCUT2D eigenvalue weighted by atomic mass is 79.9. The molecule has 1 heterocycles. The van der Waals surface area contributed by atoms with E-state index in [0.717, 1.165) is 14.9 Å². The molecule has 0 saturated heterocycles. The predicted molar refractivity (Wildman–Crippen MR) is 94.4 cm³/mol. The maximum atomic E-state index is 12.5. The second-order valence-electron chi connectivity index (χ2n) is 4.84. The van der Waals surface area contributed by atoms with Crippen molar-refractivity contribution >= 4 is 53.2 Å². The Bertz CT molecular complexity index is 728. The van der Waals surface area contributed by atoms with Crippen LogP contribution in [0.2, 0.25) is 0 Å². The lowest BCUT2D eigenvalue weighted by Crippen LogP contribution is -2.34. The summed E-state index contributed by atoms with van der Waals surface area (Å²) in [7, 11) is -3.55. The van der Waals surface area contributed by atoms with Crippen LogP contribution in [0.25, 0.3) is 0 Å². The molecule has 1 aromatic heterocycles. The minimum Gasteiger partial charge on any atom is -0.208 e. The second-order valence-corrected chi connectivity index (χ2v) is 9.26. The average molecular weight is 453 g/mol. The SMILES string of the molecule is Cc1cc(Br)c(S(=O)(=O)NC(C)Cc2cccs2)cc1Br. The van der Waals surface area contributed by atoms with E-state index in [2.05, 4.69) is 36.6 Å². The molecule has 0 spiro atoms. The Labute approximate surface area is 146 Å². The van der Waals surface area contributed by atoms with Crippen LogP contribution < -0.4 is 4.72 Å². The first kappa shape index (κ1) is 17.1. The summed E-state index contributed by atoms with van der Waals surface area (Å²) in [6.07, 6.45) is 0.682. The third kappa shape index (κ3) is 4.39. The third-order valence-electron chi connectivity index (χ3n) is 2.95. The molecule has 0 fully saturated rings. The number of sulfonamides is 1. The summed E-state index contributed by atoms with van der Waals surface area (Å²) in [4.78, 5) is 1.41. The van der Waals surface area contributed by atoms with Crippen LogP contribution in [0, 0.1) is 6.92 Å². The van der Waals surface area contributed by atoms with E-state index in [1.54, 1.807) is 23.5 Å². The van der Waals surface area contributed by atoms with E-state index in [4.69, 9.17) is 0 Å². The Morgan fingerprint density at radius 3 is 2.62 bits per heavy atom. The van der Waals surface area contributed by atoms with Gasteiger partial charge in [-0.1, -0.05) is 22.0 Å². The molecule has 1 unspecified atom stereocenters. The summed E-state index contributed by atoms with van der Waals surface area (Å²) >= 11 is 8.33. The molecule has 2 rings (SSSR count). The number of rotatable bonds is 5. The maximum Gasteiger partial charge on any atom is 0.241 e. The standard InChI is InChI=1S/C14H15Br2NO2S2/c1-9-6-13(16)14(8-12(9)15)21(18,19)17-10(2)7-11-4-3-5-20-11/h3-6,8,10,17H,7H2,1-2H3. The zero-order valence-corrected chi connectivity index (χ0v) is 16.4. The summed E-state index contributed by atoms with van der Waals surface area (Å²) in [5, 5.41) is 1.99. The van der Waals surface area contributed by atoms with Crippen LogP contribution in [0.1, 0.15) is 17.4 Å². The number of aryl methyl sites for hydroxylation is 1. The first-order valence-corrected chi connectivity index (χ1v) is 10.2. The largest absolute Gasteiger partial charge is 0.241 e. The van der Waals surface area contributed by atoms with Crippen molar-refractivity contribution in [2.24, 2.45) is 0 Å². The Morgan fingerprint density at radius 1 is 1.29 bits per heavy atom. The van der Waals surface area contributed by atoms with E-state index in [-0.39, 0.29) is 10.9 Å². The highest BCUT2D eigenvalue weighted by Gasteiger charge is 2.21. The van der Waals surface area contributed by atoms with E-state index in [1.165, 1.54) is 0 Å². The van der Waals surface area contributed by atoms with Gasteiger partial charge >= 0.3 is 0 Å². The van der Waals surface area contributed by atoms with Crippen LogP contribution in [0.15, 0.2) is 43.5 Å². The molecule has 3 nitrogen and oxygen atoms in total. The van der Waals surface area contributed by atoms with E-state index < -0.39 is 10.0 Å². The quantitative estimate of drug-likeness (QED) is 0.726. The molecule has 0 aliphatic heterocycles. The Morgan fingerprint density at radius 2 is 2.00 bits per heavy atom. The van der Waals surface area contributed by atoms with Crippen molar-refractivity contribution in [2.75, 3.05) is 0 Å². The fourth-order valence-electron chi connectivity index (χ4n) is 1.93. The van der Waals surface area contributed by atoms with Gasteiger partial charge in [-0.05, 0) is 65.3 Å². The number of hydrogen-bond acceptors (Lipinski definition) is 3. The Kier molecular flexibility index (Phi) is 5.65. The van der Waals surface area contributed by atoms with E-state index in [1.807, 2.05) is 31.4 Å². The lowest BCUT2D eigenvalue weighted by atomic mass is 10.2.